The normalized spacial score (nSPS) is 18.7. The van der Waals surface area contributed by atoms with Crippen LogP contribution in [-0.4, -0.2) is 5.66 Å². The van der Waals surface area contributed by atoms with Gasteiger partial charge < -0.3 is 0 Å². The highest BCUT2D eigenvalue weighted by atomic mass is 31.1. The topological polar surface area (TPSA) is 0 Å². The molecule has 1 heteroatoms. The molecular weight excluding hydrogens is 247 g/mol. The molecule has 2 aromatic rings. The van der Waals surface area contributed by atoms with E-state index in [-0.39, 0.29) is 7.92 Å². The van der Waals surface area contributed by atoms with Crippen LogP contribution in [0.15, 0.2) is 72.8 Å². The molecule has 0 fully saturated rings. The van der Waals surface area contributed by atoms with Crippen molar-refractivity contribution in [1.29, 1.82) is 0 Å². The van der Waals surface area contributed by atoms with E-state index in [0.29, 0.717) is 5.66 Å². The van der Waals surface area contributed by atoms with Gasteiger partial charge in [-0.05, 0) is 37.8 Å². The second kappa shape index (κ2) is 6.17. The number of hydrogen-bond donors (Lipinski definition) is 0. The van der Waals surface area contributed by atoms with Crippen LogP contribution in [-0.2, 0) is 0 Å². The molecule has 3 rings (SSSR count). The highest BCUT2D eigenvalue weighted by Gasteiger charge is 2.23. The summed E-state index contributed by atoms with van der Waals surface area (Å²) in [4.78, 5) is 0. The van der Waals surface area contributed by atoms with E-state index in [0.717, 1.165) is 0 Å². The Labute approximate surface area is 116 Å². The zero-order chi connectivity index (χ0) is 12.9. The molecule has 96 valence electrons. The molecule has 1 atom stereocenters. The first-order chi connectivity index (χ1) is 9.45. The van der Waals surface area contributed by atoms with E-state index in [1.165, 1.54) is 29.9 Å². The first kappa shape index (κ1) is 12.6. The van der Waals surface area contributed by atoms with Crippen LogP contribution < -0.4 is 10.6 Å². The summed E-state index contributed by atoms with van der Waals surface area (Å²) in [6, 6.07) is 22.1. The van der Waals surface area contributed by atoms with E-state index in [1.807, 2.05) is 0 Å². The van der Waals surface area contributed by atoms with Crippen molar-refractivity contribution in [3.63, 3.8) is 0 Å². The van der Waals surface area contributed by atoms with Crippen LogP contribution in [0.3, 0.4) is 0 Å². The predicted molar refractivity (Wildman–Crippen MR) is 85.9 cm³/mol. The molecule has 0 spiro atoms. The summed E-state index contributed by atoms with van der Waals surface area (Å²) in [6.07, 6.45) is 8.74. The summed E-state index contributed by atoms with van der Waals surface area (Å²) in [5.74, 6) is 0. The average Bonchev–Trinajstić information content (AvgIpc) is 2.51. The van der Waals surface area contributed by atoms with Gasteiger partial charge in [0.25, 0.3) is 0 Å². The third-order valence-corrected chi connectivity index (χ3v) is 6.43. The summed E-state index contributed by atoms with van der Waals surface area (Å²) in [7, 11) is -0.256. The van der Waals surface area contributed by atoms with Crippen LogP contribution in [0.25, 0.3) is 0 Å². The third-order valence-electron chi connectivity index (χ3n) is 3.63. The standard InChI is InChI=1S/C18H19P/c1-4-10-16(11-5-1)19(17-12-6-2-7-13-17)18-14-8-3-9-15-18/h1-2,4-8,10-14,18H,3,9,15H2. The van der Waals surface area contributed by atoms with Crippen molar-refractivity contribution in [1.82, 2.24) is 0 Å². The lowest BCUT2D eigenvalue weighted by Crippen LogP contribution is -2.21. The van der Waals surface area contributed by atoms with E-state index < -0.39 is 0 Å². The highest BCUT2D eigenvalue weighted by Crippen LogP contribution is 2.43. The molecular formula is C18H19P. The van der Waals surface area contributed by atoms with Gasteiger partial charge in [-0.3, -0.25) is 0 Å². The fraction of sp³-hybridized carbons (Fsp3) is 0.222. The van der Waals surface area contributed by atoms with Gasteiger partial charge in [-0.15, -0.1) is 0 Å². The van der Waals surface area contributed by atoms with Crippen LogP contribution in [0.5, 0.6) is 0 Å². The van der Waals surface area contributed by atoms with Gasteiger partial charge in [0.15, 0.2) is 0 Å². The molecule has 0 bridgehead atoms. The van der Waals surface area contributed by atoms with Gasteiger partial charge in [0.2, 0.25) is 0 Å². The molecule has 0 nitrogen and oxygen atoms in total. The molecule has 1 aliphatic rings. The minimum absolute atomic E-state index is 0.256. The zero-order valence-electron chi connectivity index (χ0n) is 11.1. The van der Waals surface area contributed by atoms with Gasteiger partial charge in [-0.25, -0.2) is 0 Å². The number of benzene rings is 2. The minimum Gasteiger partial charge on any atom is -0.0879 e. The molecule has 1 aliphatic carbocycles. The van der Waals surface area contributed by atoms with E-state index in [1.54, 1.807) is 0 Å². The summed E-state index contributed by atoms with van der Waals surface area (Å²) in [5.41, 5.74) is 0.702. The second-order valence-corrected chi connectivity index (χ2v) is 7.40. The smallest absolute Gasteiger partial charge is 0.00507 e. The van der Waals surface area contributed by atoms with Gasteiger partial charge in [0, 0.05) is 5.66 Å². The lowest BCUT2D eigenvalue weighted by Gasteiger charge is -2.28. The summed E-state index contributed by atoms with van der Waals surface area (Å²) in [5, 5.41) is 3.00. The average molecular weight is 266 g/mol. The number of allylic oxidation sites excluding steroid dienone is 2. The van der Waals surface area contributed by atoms with Crippen LogP contribution >= 0.6 is 7.92 Å². The Morgan fingerprint density at radius 2 is 1.37 bits per heavy atom. The Bertz CT molecular complexity index is 491. The monoisotopic (exact) mass is 266 g/mol. The van der Waals surface area contributed by atoms with Gasteiger partial charge in [0.1, 0.15) is 0 Å². The molecule has 2 aromatic carbocycles. The van der Waals surface area contributed by atoms with Crippen LogP contribution in [0.4, 0.5) is 0 Å². The quantitative estimate of drug-likeness (QED) is 0.576. The van der Waals surface area contributed by atoms with Crippen molar-refractivity contribution >= 4 is 18.5 Å². The fourth-order valence-electron chi connectivity index (χ4n) is 2.72. The molecule has 0 aliphatic heterocycles. The Morgan fingerprint density at radius 1 is 0.789 bits per heavy atom. The Balaban J connectivity index is 2.01. The van der Waals surface area contributed by atoms with Crippen molar-refractivity contribution < 1.29 is 0 Å². The van der Waals surface area contributed by atoms with E-state index >= 15 is 0 Å². The van der Waals surface area contributed by atoms with Gasteiger partial charge in [0.05, 0.1) is 0 Å². The lowest BCUT2D eigenvalue weighted by molar-refractivity contribution is 0.738. The maximum Gasteiger partial charge on any atom is 0.00507 e. The van der Waals surface area contributed by atoms with Crippen molar-refractivity contribution in [2.75, 3.05) is 0 Å². The zero-order valence-corrected chi connectivity index (χ0v) is 12.0. The fourth-order valence-corrected chi connectivity index (χ4v) is 5.50. The largest absolute Gasteiger partial charge is 0.0879 e. The van der Waals surface area contributed by atoms with Crippen LogP contribution in [0.2, 0.25) is 0 Å². The maximum atomic E-state index is 2.45. The van der Waals surface area contributed by atoms with Gasteiger partial charge in [-0.1, -0.05) is 72.8 Å². The SMILES string of the molecule is C1=CC(P(c2ccccc2)c2ccccc2)CCC1. The maximum absolute atomic E-state index is 2.45. The number of hydrogen-bond acceptors (Lipinski definition) is 0. The van der Waals surface area contributed by atoms with Crippen molar-refractivity contribution in [3.05, 3.63) is 72.8 Å². The number of rotatable bonds is 3. The molecule has 0 radical (unpaired) electrons. The first-order valence-electron chi connectivity index (χ1n) is 7.01. The highest BCUT2D eigenvalue weighted by molar-refractivity contribution is 7.73. The Kier molecular flexibility index (Phi) is 4.10. The van der Waals surface area contributed by atoms with Crippen LogP contribution in [0, 0.1) is 0 Å². The first-order valence-corrected chi connectivity index (χ1v) is 8.42. The molecule has 1 unspecified atom stereocenters. The summed E-state index contributed by atoms with van der Waals surface area (Å²) in [6.45, 7) is 0. The molecule has 0 saturated carbocycles. The molecule has 19 heavy (non-hydrogen) atoms. The van der Waals surface area contributed by atoms with Crippen molar-refractivity contribution in [2.24, 2.45) is 0 Å². The van der Waals surface area contributed by atoms with E-state index in [2.05, 4.69) is 72.8 Å². The van der Waals surface area contributed by atoms with Crippen molar-refractivity contribution in [3.8, 4) is 0 Å². The molecule has 0 saturated heterocycles. The Hall–Kier alpha value is -1.39. The molecule has 0 amide bonds. The van der Waals surface area contributed by atoms with E-state index in [4.69, 9.17) is 0 Å². The summed E-state index contributed by atoms with van der Waals surface area (Å²) >= 11 is 0. The molecule has 0 N–H and O–H groups in total. The predicted octanol–water partition coefficient (Wildman–Crippen LogP) is 4.23. The minimum atomic E-state index is -0.256. The Morgan fingerprint density at radius 3 is 1.84 bits per heavy atom. The van der Waals surface area contributed by atoms with Crippen LogP contribution in [0.1, 0.15) is 19.3 Å². The third kappa shape index (κ3) is 2.96. The molecule has 0 aromatic heterocycles. The van der Waals surface area contributed by atoms with Gasteiger partial charge in [-0.2, -0.15) is 0 Å². The van der Waals surface area contributed by atoms with Crippen molar-refractivity contribution in [2.45, 2.75) is 24.9 Å². The lowest BCUT2D eigenvalue weighted by atomic mass is 10.1. The van der Waals surface area contributed by atoms with E-state index in [9.17, 15) is 0 Å². The van der Waals surface area contributed by atoms with Gasteiger partial charge >= 0.3 is 0 Å². The second-order valence-electron chi connectivity index (χ2n) is 4.97. The summed E-state index contributed by atoms with van der Waals surface area (Å²) < 4.78 is 0. The molecule has 0 heterocycles.